The first kappa shape index (κ1) is 21.5. The number of nitrogens with one attached hydrogen (secondary N) is 2. The first-order valence-corrected chi connectivity index (χ1v) is 11.6. The van der Waals surface area contributed by atoms with E-state index in [-0.39, 0.29) is 0 Å². The molecule has 0 bridgehead atoms. The Kier molecular flexibility index (Phi) is 6.13. The summed E-state index contributed by atoms with van der Waals surface area (Å²) >= 11 is 0. The van der Waals surface area contributed by atoms with E-state index in [0.717, 1.165) is 22.7 Å². The quantitative estimate of drug-likeness (QED) is 0.275. The predicted octanol–water partition coefficient (Wildman–Crippen LogP) is 9.12. The second-order valence-corrected chi connectivity index (χ2v) is 8.64. The first-order chi connectivity index (χ1) is 16.7. The minimum atomic E-state index is 1.08. The summed E-state index contributed by atoms with van der Waals surface area (Å²) in [6.07, 6.45) is 0. The molecule has 0 fully saturated rings. The highest BCUT2D eigenvalue weighted by molar-refractivity contribution is 5.87. The number of hydrogen-bond donors (Lipinski definition) is 2. The third-order valence-electron chi connectivity index (χ3n) is 6.03. The molecule has 0 atom stereocenters. The molecule has 2 N–H and O–H groups in total. The van der Waals surface area contributed by atoms with Gasteiger partial charge in [-0.1, -0.05) is 78.4 Å². The molecule has 0 aliphatic rings. The predicted molar refractivity (Wildman–Crippen MR) is 146 cm³/mol. The number of hydrogen-bond acceptors (Lipinski definition) is 2. The van der Waals surface area contributed by atoms with Crippen molar-refractivity contribution in [1.82, 2.24) is 0 Å². The second-order valence-electron chi connectivity index (χ2n) is 8.64. The Bertz CT molecular complexity index is 1390. The van der Waals surface area contributed by atoms with E-state index in [9.17, 15) is 0 Å². The van der Waals surface area contributed by atoms with Crippen LogP contribution in [0.2, 0.25) is 0 Å². The van der Waals surface area contributed by atoms with Gasteiger partial charge in [0.2, 0.25) is 0 Å². The summed E-state index contributed by atoms with van der Waals surface area (Å²) < 4.78 is 0. The van der Waals surface area contributed by atoms with Gasteiger partial charge in [0.25, 0.3) is 0 Å². The Morgan fingerprint density at radius 1 is 0.441 bits per heavy atom. The van der Waals surface area contributed by atoms with Crippen LogP contribution in [0.4, 0.5) is 22.7 Å². The number of benzene rings is 5. The van der Waals surface area contributed by atoms with E-state index in [0.29, 0.717) is 0 Å². The van der Waals surface area contributed by atoms with Gasteiger partial charge in [0.05, 0.1) is 0 Å². The fourth-order valence-corrected chi connectivity index (χ4v) is 4.28. The molecule has 166 valence electrons. The Balaban J connectivity index is 1.51. The van der Waals surface area contributed by atoms with Gasteiger partial charge in [-0.3, -0.25) is 0 Å². The van der Waals surface area contributed by atoms with Gasteiger partial charge in [-0.25, -0.2) is 0 Å². The van der Waals surface area contributed by atoms with Crippen LogP contribution in [0.25, 0.3) is 22.3 Å². The molecule has 0 saturated carbocycles. The molecule has 0 heterocycles. The number of para-hydroxylation sites is 2. The van der Waals surface area contributed by atoms with E-state index in [4.69, 9.17) is 0 Å². The van der Waals surface area contributed by atoms with Crippen LogP contribution >= 0.6 is 0 Å². The van der Waals surface area contributed by atoms with Crippen molar-refractivity contribution in [3.8, 4) is 22.3 Å². The van der Waals surface area contributed by atoms with Crippen molar-refractivity contribution in [1.29, 1.82) is 0 Å². The van der Waals surface area contributed by atoms with Gasteiger partial charge >= 0.3 is 0 Å². The number of rotatable bonds is 6. The third kappa shape index (κ3) is 4.87. The Labute approximate surface area is 201 Å². The van der Waals surface area contributed by atoms with Crippen molar-refractivity contribution in [2.45, 2.75) is 13.8 Å². The van der Waals surface area contributed by atoms with E-state index in [1.54, 1.807) is 0 Å². The number of anilines is 4. The molecular formula is C32H28N2. The minimum absolute atomic E-state index is 1.08. The molecule has 2 nitrogen and oxygen atoms in total. The molecule has 0 saturated heterocycles. The lowest BCUT2D eigenvalue weighted by Crippen LogP contribution is -1.96. The highest BCUT2D eigenvalue weighted by atomic mass is 14.9. The summed E-state index contributed by atoms with van der Waals surface area (Å²) in [5, 5.41) is 7.08. The van der Waals surface area contributed by atoms with Crippen LogP contribution < -0.4 is 10.6 Å². The van der Waals surface area contributed by atoms with Gasteiger partial charge in [0.15, 0.2) is 0 Å². The maximum Gasteiger partial charge on any atom is 0.0464 e. The van der Waals surface area contributed by atoms with Crippen LogP contribution in [0.5, 0.6) is 0 Å². The van der Waals surface area contributed by atoms with E-state index in [1.165, 1.54) is 33.4 Å². The Morgan fingerprint density at radius 2 is 1.03 bits per heavy atom. The lowest BCUT2D eigenvalue weighted by atomic mass is 9.93. The monoisotopic (exact) mass is 440 g/mol. The summed E-state index contributed by atoms with van der Waals surface area (Å²) in [5.74, 6) is 0. The normalized spacial score (nSPS) is 10.6. The van der Waals surface area contributed by atoms with Crippen molar-refractivity contribution < 1.29 is 0 Å². The van der Waals surface area contributed by atoms with Crippen LogP contribution in [0.15, 0.2) is 121 Å². The number of aryl methyl sites for hydroxylation is 2. The molecule has 0 aliphatic carbocycles. The molecule has 0 radical (unpaired) electrons. The summed E-state index contributed by atoms with van der Waals surface area (Å²) in [7, 11) is 0. The summed E-state index contributed by atoms with van der Waals surface area (Å²) in [6, 6.07) is 42.5. The molecule has 5 rings (SSSR count). The second kappa shape index (κ2) is 9.68. The minimum Gasteiger partial charge on any atom is -0.356 e. The van der Waals surface area contributed by atoms with Gasteiger partial charge in [0, 0.05) is 28.3 Å². The third-order valence-corrected chi connectivity index (χ3v) is 6.03. The molecule has 5 aromatic rings. The SMILES string of the molecule is Cc1ccc(-c2cc(-c3ccc(Nc4ccccc4)cc3)ccc2Nc2ccccc2)c(C)c1. The van der Waals surface area contributed by atoms with Crippen molar-refractivity contribution in [2.75, 3.05) is 10.6 Å². The van der Waals surface area contributed by atoms with Crippen LogP contribution in [0.3, 0.4) is 0 Å². The molecular weight excluding hydrogens is 412 g/mol. The zero-order valence-corrected chi connectivity index (χ0v) is 19.5. The zero-order chi connectivity index (χ0) is 23.3. The van der Waals surface area contributed by atoms with Gasteiger partial charge in [-0.2, -0.15) is 0 Å². The van der Waals surface area contributed by atoms with Crippen LogP contribution in [0, 0.1) is 13.8 Å². The van der Waals surface area contributed by atoms with Crippen molar-refractivity contribution >= 4 is 22.7 Å². The molecule has 0 spiro atoms. The Morgan fingerprint density at radius 3 is 1.68 bits per heavy atom. The van der Waals surface area contributed by atoms with Crippen molar-refractivity contribution in [3.63, 3.8) is 0 Å². The molecule has 0 amide bonds. The lowest BCUT2D eigenvalue weighted by Gasteiger charge is -2.17. The maximum absolute atomic E-state index is 3.62. The van der Waals surface area contributed by atoms with Gasteiger partial charge < -0.3 is 10.6 Å². The standard InChI is InChI=1S/C32H28N2/c1-23-13-19-30(24(2)21-23)31-22-26(16-20-32(31)34-28-11-7-4-8-12-28)25-14-17-29(18-15-25)33-27-9-5-3-6-10-27/h3-22,33-34H,1-2H3. The van der Waals surface area contributed by atoms with Gasteiger partial charge in [0.1, 0.15) is 0 Å². The summed E-state index contributed by atoms with van der Waals surface area (Å²) in [4.78, 5) is 0. The Hall–Kier alpha value is -4.30. The fraction of sp³-hybridized carbons (Fsp3) is 0.0625. The van der Waals surface area contributed by atoms with Crippen LogP contribution in [0.1, 0.15) is 11.1 Å². The van der Waals surface area contributed by atoms with Crippen LogP contribution in [-0.2, 0) is 0 Å². The average Bonchev–Trinajstić information content (AvgIpc) is 2.86. The van der Waals surface area contributed by atoms with E-state index < -0.39 is 0 Å². The topological polar surface area (TPSA) is 24.1 Å². The lowest BCUT2D eigenvalue weighted by molar-refractivity contribution is 1.38. The molecule has 0 aromatic heterocycles. The summed E-state index contributed by atoms with van der Waals surface area (Å²) in [6.45, 7) is 4.33. The molecule has 5 aromatic carbocycles. The molecule has 2 heteroatoms. The molecule has 34 heavy (non-hydrogen) atoms. The van der Waals surface area contributed by atoms with Crippen molar-refractivity contribution in [3.05, 3.63) is 132 Å². The van der Waals surface area contributed by atoms with Gasteiger partial charge in [-0.05, 0) is 84.6 Å². The smallest absolute Gasteiger partial charge is 0.0464 e. The van der Waals surface area contributed by atoms with Crippen molar-refractivity contribution in [2.24, 2.45) is 0 Å². The largest absolute Gasteiger partial charge is 0.356 e. The summed E-state index contributed by atoms with van der Waals surface area (Å²) in [5.41, 5.74) is 11.7. The molecule has 0 unspecified atom stereocenters. The van der Waals surface area contributed by atoms with E-state index in [1.807, 2.05) is 24.3 Å². The van der Waals surface area contributed by atoms with Crippen LogP contribution in [-0.4, -0.2) is 0 Å². The van der Waals surface area contributed by atoms with E-state index in [2.05, 4.69) is 122 Å². The van der Waals surface area contributed by atoms with Gasteiger partial charge in [-0.15, -0.1) is 0 Å². The average molecular weight is 441 g/mol. The maximum atomic E-state index is 3.62. The highest BCUT2D eigenvalue weighted by Gasteiger charge is 2.11. The zero-order valence-electron chi connectivity index (χ0n) is 19.5. The van der Waals surface area contributed by atoms with E-state index >= 15 is 0 Å². The first-order valence-electron chi connectivity index (χ1n) is 11.6. The fourth-order valence-electron chi connectivity index (χ4n) is 4.28. The highest BCUT2D eigenvalue weighted by Crippen LogP contribution is 2.36. The molecule has 0 aliphatic heterocycles.